The lowest BCUT2D eigenvalue weighted by Crippen LogP contribution is -2.59. The second-order valence-electron chi connectivity index (χ2n) is 19.5. The van der Waals surface area contributed by atoms with E-state index in [-0.39, 0.29) is 22.1 Å². The molecule has 342 valence electrons. The van der Waals surface area contributed by atoms with E-state index >= 15 is 0 Å². The molecule has 1 aliphatic heterocycles. The minimum Gasteiger partial charge on any atom is -0.458 e. The number of imidazole rings is 1. The standard InChI is InChI=1S/C64H56N4OSi/c1-45-40-48(32-34-53(45)46-20-8-5-9-21-46)68-58-29-13-12-26-55(58)56-35-33-49(42-61(56)68)69-50-36-37-65-62(43-50)66-44-67(60-31-15-14-30-59(60)66)63-54(27-19-28-57(63)64(2,3)4)47-22-18-25-52(41-47)70(38-16-7-17-39-70)51-23-10-6-11-24-51/h5-6,8-15,18-37,40-43H,7,16-17,38-39H2,1-4H3/i1D3,5D,8D,9D,20D,21D. The maximum atomic E-state index is 8.68. The molecular weight excluding hydrogens is 869 g/mol. The molecule has 0 spiro atoms. The molecule has 0 saturated carbocycles. The SMILES string of the molecule is [2H]c1c([2H])c([2H])c(-c2ccc(-n3c4ccccc4c4ccc(Oc5ccnc(-n6[c-][n+](-c7c(-c8cccc([Si]9(c%10ccccc%10)CCCCC9)c8)cccc7C(C)(C)C)c7ccccc76)c5)cc43)cc2C([2H])([2H])[2H])c([2H])c1[2H]. The van der Waals surface area contributed by atoms with Crippen LogP contribution in [0.5, 0.6) is 11.5 Å². The van der Waals surface area contributed by atoms with E-state index in [1.165, 1.54) is 65.0 Å². The Morgan fingerprint density at radius 1 is 0.629 bits per heavy atom. The van der Waals surface area contributed by atoms with Gasteiger partial charge >= 0.3 is 0 Å². The smallest absolute Gasteiger partial charge is 0.271 e. The van der Waals surface area contributed by atoms with Crippen molar-refractivity contribution in [3.63, 3.8) is 0 Å². The van der Waals surface area contributed by atoms with Gasteiger partial charge in [0.05, 0.1) is 34.6 Å². The zero-order valence-corrected chi connectivity index (χ0v) is 40.5. The molecule has 4 heterocycles. The first-order chi connectivity index (χ1) is 37.5. The van der Waals surface area contributed by atoms with E-state index in [2.05, 4.69) is 123 Å². The fourth-order valence-electron chi connectivity index (χ4n) is 10.9. The molecule has 11 aromatic rings. The average Bonchev–Trinajstić information content (AvgIpc) is 4.20. The molecule has 0 bridgehead atoms. The first kappa shape index (κ1) is 35.3. The van der Waals surface area contributed by atoms with Crippen LogP contribution in [0.15, 0.2) is 206 Å². The number of pyridine rings is 1. The van der Waals surface area contributed by atoms with E-state index in [1.807, 2.05) is 69.8 Å². The number of hydrogen-bond acceptors (Lipinski definition) is 2. The van der Waals surface area contributed by atoms with Crippen molar-refractivity contribution in [2.45, 2.75) is 64.4 Å². The number of ether oxygens (including phenoxy) is 1. The Bertz CT molecular complexity index is 4130. The number of aromatic nitrogens is 4. The molecule has 1 fully saturated rings. The highest BCUT2D eigenvalue weighted by molar-refractivity contribution is 7.02. The molecule has 5 nitrogen and oxygen atoms in total. The summed E-state index contributed by atoms with van der Waals surface area (Å²) < 4.78 is 80.9. The van der Waals surface area contributed by atoms with Gasteiger partial charge in [0.2, 0.25) is 0 Å². The van der Waals surface area contributed by atoms with Crippen LogP contribution in [-0.4, -0.2) is 22.2 Å². The minimum atomic E-state index is -2.70. The van der Waals surface area contributed by atoms with Gasteiger partial charge in [-0.05, 0) is 94.1 Å². The summed E-state index contributed by atoms with van der Waals surface area (Å²) in [5, 5.41) is 4.85. The third kappa shape index (κ3) is 7.64. The molecule has 3 aromatic heterocycles. The maximum Gasteiger partial charge on any atom is 0.271 e. The van der Waals surface area contributed by atoms with Gasteiger partial charge in [-0.1, -0.05) is 202 Å². The molecule has 0 atom stereocenters. The van der Waals surface area contributed by atoms with Crippen molar-refractivity contribution in [2.75, 3.05) is 0 Å². The Morgan fingerprint density at radius 2 is 1.37 bits per heavy atom. The van der Waals surface area contributed by atoms with Crippen LogP contribution in [0.25, 0.3) is 72.3 Å². The fourth-order valence-corrected chi connectivity index (χ4v) is 16.1. The van der Waals surface area contributed by atoms with Crippen LogP contribution in [0, 0.1) is 13.2 Å². The highest BCUT2D eigenvalue weighted by atomic mass is 28.3. The van der Waals surface area contributed by atoms with Crippen LogP contribution in [0.4, 0.5) is 0 Å². The molecular formula is C64H56N4OSi. The first-order valence-electron chi connectivity index (χ1n) is 28.2. The van der Waals surface area contributed by atoms with Crippen molar-refractivity contribution in [2.24, 2.45) is 0 Å². The van der Waals surface area contributed by atoms with Gasteiger partial charge < -0.3 is 9.30 Å². The Hall–Kier alpha value is -7.80. The van der Waals surface area contributed by atoms with Crippen LogP contribution < -0.4 is 19.7 Å². The number of benzene rings is 8. The predicted octanol–water partition coefficient (Wildman–Crippen LogP) is 14.7. The maximum absolute atomic E-state index is 8.68. The van der Waals surface area contributed by atoms with E-state index < -0.39 is 45.1 Å². The van der Waals surface area contributed by atoms with Gasteiger partial charge in [0.1, 0.15) is 19.6 Å². The molecule has 1 saturated heterocycles. The Morgan fingerprint density at radius 3 is 2.20 bits per heavy atom. The van der Waals surface area contributed by atoms with Crippen molar-refractivity contribution >= 4 is 51.3 Å². The van der Waals surface area contributed by atoms with E-state index in [0.717, 1.165) is 44.1 Å². The molecule has 0 amide bonds. The molecule has 12 rings (SSSR count). The van der Waals surface area contributed by atoms with Crippen molar-refractivity contribution in [1.29, 1.82) is 0 Å². The molecule has 0 N–H and O–H groups in total. The summed E-state index contributed by atoms with van der Waals surface area (Å²) in [5.41, 5.74) is 8.09. The molecule has 0 radical (unpaired) electrons. The highest BCUT2D eigenvalue weighted by Gasteiger charge is 2.38. The summed E-state index contributed by atoms with van der Waals surface area (Å²) >= 11 is 0. The zero-order valence-electron chi connectivity index (χ0n) is 47.5. The Labute approximate surface area is 423 Å². The third-order valence-electron chi connectivity index (χ3n) is 14.2. The molecule has 70 heavy (non-hydrogen) atoms. The molecule has 0 aliphatic carbocycles. The quantitative estimate of drug-likeness (QED) is 0.0821. The summed E-state index contributed by atoms with van der Waals surface area (Å²) in [6, 6.07) is 57.9. The lowest BCUT2D eigenvalue weighted by Gasteiger charge is -2.37. The lowest BCUT2D eigenvalue weighted by molar-refractivity contribution is -0.572. The number of rotatable bonds is 9. The van der Waals surface area contributed by atoms with Crippen LogP contribution in [0.1, 0.15) is 62.1 Å². The number of hydrogen-bond donors (Lipinski definition) is 0. The summed E-state index contributed by atoms with van der Waals surface area (Å²) in [5.74, 6) is 1.68. The molecule has 8 aromatic carbocycles. The topological polar surface area (TPSA) is 35.9 Å². The van der Waals surface area contributed by atoms with E-state index in [9.17, 15) is 0 Å². The minimum absolute atomic E-state index is 0.0455. The number of fused-ring (bicyclic) bond motifs is 4. The normalized spacial score (nSPS) is 15.6. The van der Waals surface area contributed by atoms with Crippen LogP contribution in [-0.2, 0) is 5.41 Å². The fraction of sp³-hybridized carbons (Fsp3) is 0.156. The van der Waals surface area contributed by atoms with Gasteiger partial charge in [-0.3, -0.25) is 14.1 Å². The molecule has 0 unspecified atom stereocenters. The highest BCUT2D eigenvalue weighted by Crippen LogP contribution is 2.39. The predicted molar refractivity (Wildman–Crippen MR) is 292 cm³/mol. The zero-order chi connectivity index (χ0) is 54.3. The lowest BCUT2D eigenvalue weighted by atomic mass is 9.83. The molecule has 1 aliphatic rings. The van der Waals surface area contributed by atoms with Gasteiger partial charge in [-0.25, -0.2) is 0 Å². The van der Waals surface area contributed by atoms with Crippen LogP contribution in [0.2, 0.25) is 12.1 Å². The van der Waals surface area contributed by atoms with Gasteiger partial charge in [0.15, 0.2) is 5.82 Å². The Balaban J connectivity index is 0.947. The molecule has 6 heteroatoms. The second-order valence-corrected chi connectivity index (χ2v) is 23.8. The summed E-state index contributed by atoms with van der Waals surface area (Å²) in [7, 11) is -2.02. The van der Waals surface area contributed by atoms with E-state index in [0.29, 0.717) is 23.0 Å². The monoisotopic (exact) mass is 932 g/mol. The summed E-state index contributed by atoms with van der Waals surface area (Å²) in [4.78, 5) is 4.91. The first-order valence-corrected chi connectivity index (χ1v) is 26.6. The summed E-state index contributed by atoms with van der Waals surface area (Å²) in [6.45, 7) is 4.10. The van der Waals surface area contributed by atoms with Gasteiger partial charge in [0.25, 0.3) is 6.33 Å². The van der Waals surface area contributed by atoms with E-state index in [1.54, 1.807) is 12.3 Å². The second kappa shape index (κ2) is 17.6. The van der Waals surface area contributed by atoms with Crippen molar-refractivity contribution in [3.8, 4) is 50.9 Å². The largest absolute Gasteiger partial charge is 0.458 e. The number of nitrogens with zero attached hydrogens (tertiary/aromatic N) is 4. The van der Waals surface area contributed by atoms with Gasteiger partial charge in [-0.2, -0.15) is 0 Å². The van der Waals surface area contributed by atoms with Crippen LogP contribution >= 0.6 is 0 Å². The van der Waals surface area contributed by atoms with E-state index in [4.69, 9.17) is 20.7 Å². The van der Waals surface area contributed by atoms with Crippen molar-refractivity contribution in [1.82, 2.24) is 14.1 Å². The van der Waals surface area contributed by atoms with Gasteiger partial charge in [-0.15, -0.1) is 0 Å². The average molecular weight is 933 g/mol. The Kier molecular flexibility index (Phi) is 8.89. The van der Waals surface area contributed by atoms with Crippen molar-refractivity contribution < 1.29 is 20.3 Å². The number of aryl methyl sites for hydroxylation is 1. The summed E-state index contributed by atoms with van der Waals surface area (Å²) in [6.07, 6.45) is 9.33. The third-order valence-corrected chi connectivity index (χ3v) is 19.5. The van der Waals surface area contributed by atoms with Crippen LogP contribution in [0.3, 0.4) is 0 Å². The number of para-hydroxylation sites is 4. The van der Waals surface area contributed by atoms with Crippen molar-refractivity contribution in [3.05, 3.63) is 224 Å². The van der Waals surface area contributed by atoms with Gasteiger partial charge in [0, 0.05) is 38.9 Å².